The lowest BCUT2D eigenvalue weighted by Gasteiger charge is -2.18. The summed E-state index contributed by atoms with van der Waals surface area (Å²) in [7, 11) is 1.13. The van der Waals surface area contributed by atoms with Gasteiger partial charge in [-0.1, -0.05) is 0 Å². The molecule has 0 aromatic rings. The van der Waals surface area contributed by atoms with Gasteiger partial charge in [0.1, 0.15) is 19.6 Å². The van der Waals surface area contributed by atoms with Gasteiger partial charge in [0.2, 0.25) is 5.91 Å². The molecular formula is C8H13N3O6. The summed E-state index contributed by atoms with van der Waals surface area (Å²) in [5.74, 6) is -2.87. The van der Waals surface area contributed by atoms with Crippen molar-refractivity contribution in [3.8, 4) is 0 Å². The molecule has 0 saturated heterocycles. The van der Waals surface area contributed by atoms with Crippen molar-refractivity contribution in [1.82, 2.24) is 10.2 Å². The van der Waals surface area contributed by atoms with E-state index >= 15 is 0 Å². The number of carbonyl (C=O) groups is 4. The van der Waals surface area contributed by atoms with E-state index in [1.165, 1.54) is 0 Å². The SMILES string of the molecule is COC(=O)CNC(=O)N(CC(N)=O)CC(=O)O. The van der Waals surface area contributed by atoms with E-state index in [0.29, 0.717) is 4.90 Å². The molecule has 0 unspecified atom stereocenters. The number of amides is 3. The summed E-state index contributed by atoms with van der Waals surface area (Å²) < 4.78 is 4.26. The first-order valence-corrected chi connectivity index (χ1v) is 4.46. The Morgan fingerprint density at radius 2 is 1.88 bits per heavy atom. The van der Waals surface area contributed by atoms with Crippen LogP contribution in [-0.2, 0) is 19.1 Å². The van der Waals surface area contributed by atoms with E-state index in [2.05, 4.69) is 10.1 Å². The number of esters is 1. The first kappa shape index (κ1) is 14.7. The van der Waals surface area contributed by atoms with Crippen molar-refractivity contribution in [2.24, 2.45) is 5.73 Å². The van der Waals surface area contributed by atoms with Crippen molar-refractivity contribution in [2.75, 3.05) is 26.7 Å². The molecule has 0 saturated carbocycles. The van der Waals surface area contributed by atoms with E-state index in [1.807, 2.05) is 0 Å². The minimum Gasteiger partial charge on any atom is -0.480 e. The van der Waals surface area contributed by atoms with Crippen LogP contribution in [0.3, 0.4) is 0 Å². The summed E-state index contributed by atoms with van der Waals surface area (Å²) in [5, 5.41) is 10.6. The van der Waals surface area contributed by atoms with Crippen molar-refractivity contribution >= 4 is 23.9 Å². The highest BCUT2D eigenvalue weighted by Crippen LogP contribution is 1.89. The maximum atomic E-state index is 11.4. The van der Waals surface area contributed by atoms with Crippen molar-refractivity contribution in [3.63, 3.8) is 0 Å². The van der Waals surface area contributed by atoms with Gasteiger partial charge in [-0.25, -0.2) is 4.79 Å². The topological polar surface area (TPSA) is 139 Å². The van der Waals surface area contributed by atoms with Crippen LogP contribution in [0, 0.1) is 0 Å². The summed E-state index contributed by atoms with van der Waals surface area (Å²) in [6, 6.07) is -0.892. The molecule has 0 heterocycles. The number of aliphatic carboxylic acids is 1. The van der Waals surface area contributed by atoms with Gasteiger partial charge < -0.3 is 25.8 Å². The van der Waals surface area contributed by atoms with Gasteiger partial charge in [0.25, 0.3) is 0 Å². The number of hydrogen-bond acceptors (Lipinski definition) is 5. The summed E-state index contributed by atoms with van der Waals surface area (Å²) in [6.07, 6.45) is 0. The van der Waals surface area contributed by atoms with Crippen molar-refractivity contribution in [1.29, 1.82) is 0 Å². The fraction of sp³-hybridized carbons (Fsp3) is 0.500. The zero-order chi connectivity index (χ0) is 13.4. The van der Waals surface area contributed by atoms with Gasteiger partial charge in [-0.3, -0.25) is 14.4 Å². The number of carboxylic acid groups (broad SMARTS) is 1. The third-order valence-corrected chi connectivity index (χ3v) is 1.57. The molecule has 0 aliphatic carbocycles. The van der Waals surface area contributed by atoms with Crippen LogP contribution in [-0.4, -0.2) is 60.6 Å². The fourth-order valence-electron chi connectivity index (χ4n) is 0.883. The molecule has 96 valence electrons. The molecule has 17 heavy (non-hydrogen) atoms. The smallest absolute Gasteiger partial charge is 0.325 e. The van der Waals surface area contributed by atoms with Crippen LogP contribution in [0.15, 0.2) is 0 Å². The number of methoxy groups -OCH3 is 1. The lowest BCUT2D eigenvalue weighted by Crippen LogP contribution is -2.47. The Bertz CT molecular complexity index is 313. The average Bonchev–Trinajstić information content (AvgIpc) is 2.23. The van der Waals surface area contributed by atoms with Gasteiger partial charge in [-0.2, -0.15) is 0 Å². The Balaban J connectivity index is 4.36. The number of hydrogen-bond donors (Lipinski definition) is 3. The molecule has 0 radical (unpaired) electrons. The molecule has 0 fully saturated rings. The molecule has 4 N–H and O–H groups in total. The van der Waals surface area contributed by atoms with Gasteiger partial charge >= 0.3 is 18.0 Å². The molecule has 0 rings (SSSR count). The number of urea groups is 1. The lowest BCUT2D eigenvalue weighted by molar-refractivity contribution is -0.139. The fourth-order valence-corrected chi connectivity index (χ4v) is 0.883. The second-order valence-corrected chi connectivity index (χ2v) is 2.95. The van der Waals surface area contributed by atoms with Gasteiger partial charge in [0.05, 0.1) is 7.11 Å². The Morgan fingerprint density at radius 3 is 2.29 bits per heavy atom. The Kier molecular flexibility index (Phi) is 6.08. The minimum atomic E-state index is -1.31. The van der Waals surface area contributed by atoms with Crippen LogP contribution in [0.25, 0.3) is 0 Å². The number of carboxylic acids is 1. The van der Waals surface area contributed by atoms with Gasteiger partial charge in [0, 0.05) is 0 Å². The second kappa shape index (κ2) is 7.04. The molecule has 0 aliphatic heterocycles. The molecule has 0 aliphatic rings. The van der Waals surface area contributed by atoms with Gasteiger partial charge in [0.15, 0.2) is 0 Å². The summed E-state index contributed by atoms with van der Waals surface area (Å²) in [4.78, 5) is 43.8. The zero-order valence-corrected chi connectivity index (χ0v) is 9.13. The quantitative estimate of drug-likeness (QED) is 0.453. The van der Waals surface area contributed by atoms with Crippen molar-refractivity contribution in [3.05, 3.63) is 0 Å². The van der Waals surface area contributed by atoms with E-state index < -0.39 is 43.5 Å². The minimum absolute atomic E-state index is 0.426. The van der Waals surface area contributed by atoms with Crippen LogP contribution in [0.4, 0.5) is 4.79 Å². The highest BCUT2D eigenvalue weighted by atomic mass is 16.5. The third-order valence-electron chi connectivity index (χ3n) is 1.57. The van der Waals surface area contributed by atoms with Gasteiger partial charge in [-0.15, -0.1) is 0 Å². The molecular weight excluding hydrogens is 234 g/mol. The van der Waals surface area contributed by atoms with Crippen LogP contribution >= 0.6 is 0 Å². The monoisotopic (exact) mass is 247 g/mol. The summed E-state index contributed by atoms with van der Waals surface area (Å²) >= 11 is 0. The average molecular weight is 247 g/mol. The maximum absolute atomic E-state index is 11.4. The lowest BCUT2D eigenvalue weighted by atomic mass is 10.4. The highest BCUT2D eigenvalue weighted by molar-refractivity contribution is 5.87. The number of ether oxygens (including phenoxy) is 1. The van der Waals surface area contributed by atoms with E-state index in [9.17, 15) is 19.2 Å². The first-order chi connectivity index (χ1) is 7.86. The van der Waals surface area contributed by atoms with E-state index in [-0.39, 0.29) is 0 Å². The molecule has 3 amide bonds. The number of carbonyl (C=O) groups excluding carboxylic acids is 3. The van der Waals surface area contributed by atoms with Crippen LogP contribution < -0.4 is 11.1 Å². The van der Waals surface area contributed by atoms with E-state index in [4.69, 9.17) is 10.8 Å². The first-order valence-electron chi connectivity index (χ1n) is 4.46. The number of nitrogens with zero attached hydrogens (tertiary/aromatic N) is 1. The molecule has 9 nitrogen and oxygen atoms in total. The molecule has 0 atom stereocenters. The maximum Gasteiger partial charge on any atom is 0.325 e. The summed E-state index contributed by atoms with van der Waals surface area (Å²) in [6.45, 7) is -1.68. The highest BCUT2D eigenvalue weighted by Gasteiger charge is 2.19. The molecule has 0 bridgehead atoms. The predicted octanol–water partition coefficient (Wildman–Crippen LogP) is -2.26. The summed E-state index contributed by atoms with van der Waals surface area (Å²) in [5.41, 5.74) is 4.84. The Labute approximate surface area is 96.5 Å². The van der Waals surface area contributed by atoms with Crippen molar-refractivity contribution in [2.45, 2.75) is 0 Å². The Morgan fingerprint density at radius 1 is 1.29 bits per heavy atom. The normalized spacial score (nSPS) is 9.24. The third kappa shape index (κ3) is 6.71. The largest absolute Gasteiger partial charge is 0.480 e. The van der Waals surface area contributed by atoms with Crippen LogP contribution in [0.2, 0.25) is 0 Å². The van der Waals surface area contributed by atoms with Gasteiger partial charge in [-0.05, 0) is 0 Å². The molecule has 0 spiro atoms. The number of rotatable bonds is 6. The standard InChI is InChI=1S/C8H13N3O6/c1-17-7(15)2-10-8(16)11(3-5(9)12)4-6(13)14/h2-4H2,1H3,(H2,9,12)(H,10,16)(H,13,14). The van der Waals surface area contributed by atoms with E-state index in [1.54, 1.807) is 0 Å². The molecule has 0 aromatic carbocycles. The molecule has 0 aromatic heterocycles. The number of nitrogens with two attached hydrogens (primary N) is 1. The second-order valence-electron chi connectivity index (χ2n) is 2.95. The number of nitrogens with one attached hydrogen (secondary N) is 1. The predicted molar refractivity (Wildman–Crippen MR) is 53.8 cm³/mol. The van der Waals surface area contributed by atoms with Crippen LogP contribution in [0.5, 0.6) is 0 Å². The van der Waals surface area contributed by atoms with E-state index in [0.717, 1.165) is 7.11 Å². The zero-order valence-electron chi connectivity index (χ0n) is 9.13. The molecule has 9 heteroatoms. The Hall–Kier alpha value is -2.32. The van der Waals surface area contributed by atoms with Crippen molar-refractivity contribution < 1.29 is 29.0 Å². The van der Waals surface area contributed by atoms with Crippen LogP contribution in [0.1, 0.15) is 0 Å². The number of primary amides is 1.